The molecule has 2 aromatic carbocycles. The Morgan fingerprint density at radius 2 is 1.69 bits per heavy atom. The molecule has 227 valence electrons. The number of hydrogen-bond acceptors (Lipinski definition) is 5. The lowest BCUT2D eigenvalue weighted by molar-refractivity contribution is -0.0519. The molecule has 0 aliphatic rings. The second kappa shape index (κ2) is 11.6. The van der Waals surface area contributed by atoms with Gasteiger partial charge in [-0.3, -0.25) is 4.90 Å². The minimum Gasteiger partial charge on any atom is -0.491 e. The second-order valence-corrected chi connectivity index (χ2v) is 15.7. The quantitative estimate of drug-likeness (QED) is 0.188. The van der Waals surface area contributed by atoms with Gasteiger partial charge in [-0.1, -0.05) is 67.5 Å². The number of aromatic amines is 1. The van der Waals surface area contributed by atoms with E-state index in [1.54, 1.807) is 19.1 Å². The molecule has 0 saturated heterocycles. The molecule has 0 atom stereocenters. The highest BCUT2D eigenvalue weighted by Gasteiger charge is 2.50. The largest absolute Gasteiger partial charge is 0.491 e. The van der Waals surface area contributed by atoms with Crippen LogP contribution in [0.2, 0.25) is 0 Å². The molecule has 1 radical (unpaired) electrons. The zero-order valence-electron chi connectivity index (χ0n) is 26.9. The van der Waals surface area contributed by atoms with Crippen LogP contribution in [0.5, 0.6) is 5.75 Å². The molecule has 1 N–H and O–H groups in total. The Morgan fingerprint density at radius 1 is 1.00 bits per heavy atom. The van der Waals surface area contributed by atoms with Gasteiger partial charge in [-0.15, -0.1) is 0 Å². The standard InChI is InChI=1S/C35H48N3O3S/c1-11-38(35(10,33(4,5)6)34(7,8)9)19-14-20-41-29-18-17-27(25-15-13-16-26(22-25)42(39,40)12-2)30-28-21-24(3)23-36-32(28)37-31(29)30/h13,15-18,21-23H,10-12,14,19-20H2,1-9H3,(H,36,37). The third-order valence-electron chi connectivity index (χ3n) is 8.82. The van der Waals surface area contributed by atoms with Crippen molar-refractivity contribution in [3.8, 4) is 16.9 Å². The molecule has 0 unspecified atom stereocenters. The van der Waals surface area contributed by atoms with Gasteiger partial charge < -0.3 is 9.72 Å². The predicted octanol–water partition coefficient (Wildman–Crippen LogP) is 8.24. The van der Waals surface area contributed by atoms with Crippen LogP contribution in [-0.2, 0) is 9.84 Å². The maximum atomic E-state index is 12.7. The first-order valence-electron chi connectivity index (χ1n) is 15.0. The van der Waals surface area contributed by atoms with Gasteiger partial charge in [-0.05, 0) is 84.7 Å². The van der Waals surface area contributed by atoms with E-state index in [0.717, 1.165) is 63.9 Å². The van der Waals surface area contributed by atoms with E-state index in [2.05, 4.69) is 69.4 Å². The lowest BCUT2D eigenvalue weighted by Crippen LogP contribution is -2.63. The van der Waals surface area contributed by atoms with Gasteiger partial charge in [0.1, 0.15) is 11.4 Å². The molecule has 42 heavy (non-hydrogen) atoms. The van der Waals surface area contributed by atoms with Gasteiger partial charge in [0, 0.05) is 29.1 Å². The molecule has 6 nitrogen and oxygen atoms in total. The summed E-state index contributed by atoms with van der Waals surface area (Å²) >= 11 is 0. The van der Waals surface area contributed by atoms with Crippen molar-refractivity contribution < 1.29 is 13.2 Å². The summed E-state index contributed by atoms with van der Waals surface area (Å²) in [5.74, 6) is 0.822. The van der Waals surface area contributed by atoms with Crippen LogP contribution in [-0.4, -0.2) is 54.3 Å². The Balaban J connectivity index is 1.68. The summed E-state index contributed by atoms with van der Waals surface area (Å²) < 4.78 is 31.7. The topological polar surface area (TPSA) is 75.3 Å². The monoisotopic (exact) mass is 590 g/mol. The van der Waals surface area contributed by atoms with Crippen molar-refractivity contribution in [1.82, 2.24) is 14.9 Å². The number of nitrogens with one attached hydrogen (secondary N) is 1. The van der Waals surface area contributed by atoms with Crippen molar-refractivity contribution in [2.24, 2.45) is 10.8 Å². The molecule has 4 rings (SSSR count). The highest BCUT2D eigenvalue weighted by molar-refractivity contribution is 7.91. The molecule has 0 spiro atoms. The number of pyridine rings is 1. The summed E-state index contributed by atoms with van der Waals surface area (Å²) in [6.45, 7) is 26.7. The predicted molar refractivity (Wildman–Crippen MR) is 176 cm³/mol. The van der Waals surface area contributed by atoms with E-state index < -0.39 is 9.84 Å². The minimum atomic E-state index is -3.33. The number of nitrogens with zero attached hydrogens (tertiary/aromatic N) is 2. The fourth-order valence-electron chi connectivity index (χ4n) is 6.48. The van der Waals surface area contributed by atoms with E-state index >= 15 is 0 Å². The summed E-state index contributed by atoms with van der Waals surface area (Å²) in [4.78, 5) is 11.0. The number of rotatable bonds is 10. The molecule has 0 amide bonds. The summed E-state index contributed by atoms with van der Waals surface area (Å²) in [5.41, 5.74) is 4.23. The van der Waals surface area contributed by atoms with Gasteiger partial charge in [0.2, 0.25) is 0 Å². The van der Waals surface area contributed by atoms with E-state index in [4.69, 9.17) is 11.7 Å². The van der Waals surface area contributed by atoms with Crippen LogP contribution in [0, 0.1) is 24.7 Å². The maximum Gasteiger partial charge on any atom is 0.178 e. The molecule has 2 heterocycles. The van der Waals surface area contributed by atoms with Crippen LogP contribution in [0.1, 0.15) is 67.4 Å². The lowest BCUT2D eigenvalue weighted by atomic mass is 9.60. The van der Waals surface area contributed by atoms with Crippen molar-refractivity contribution in [3.63, 3.8) is 0 Å². The van der Waals surface area contributed by atoms with E-state index in [1.807, 2.05) is 37.4 Å². The number of sulfone groups is 1. The van der Waals surface area contributed by atoms with Crippen LogP contribution in [0.4, 0.5) is 0 Å². The van der Waals surface area contributed by atoms with Crippen LogP contribution in [0.15, 0.2) is 53.6 Å². The zero-order valence-corrected chi connectivity index (χ0v) is 27.7. The molecule has 7 heteroatoms. The van der Waals surface area contributed by atoms with E-state index in [1.165, 1.54) is 0 Å². The van der Waals surface area contributed by atoms with E-state index in [-0.39, 0.29) is 22.1 Å². The first-order chi connectivity index (χ1) is 19.5. The minimum absolute atomic E-state index is 0.00658. The molecule has 4 aromatic rings. The third-order valence-corrected chi connectivity index (χ3v) is 10.6. The molecule has 0 aliphatic heterocycles. The van der Waals surface area contributed by atoms with Gasteiger partial charge in [0.05, 0.1) is 22.8 Å². The zero-order chi connectivity index (χ0) is 31.1. The number of hydrogen-bond donors (Lipinski definition) is 1. The molecule has 0 saturated carbocycles. The van der Waals surface area contributed by atoms with E-state index in [9.17, 15) is 8.42 Å². The van der Waals surface area contributed by atoms with Gasteiger partial charge in [-0.2, -0.15) is 0 Å². The first kappa shape index (κ1) is 32.0. The van der Waals surface area contributed by atoms with Crippen molar-refractivity contribution in [1.29, 1.82) is 0 Å². The fraction of sp³-hybridized carbons (Fsp3) is 0.486. The Kier molecular flexibility index (Phi) is 8.88. The molecular formula is C35H48N3O3S. The number of benzene rings is 2. The Morgan fingerprint density at radius 3 is 2.31 bits per heavy atom. The Labute approximate surface area is 252 Å². The molecule has 0 fully saturated rings. The number of aromatic nitrogens is 2. The van der Waals surface area contributed by atoms with E-state index in [0.29, 0.717) is 11.5 Å². The normalized spacial score (nSPS) is 13.4. The molecule has 0 aliphatic carbocycles. The fourth-order valence-corrected chi connectivity index (χ4v) is 7.41. The summed E-state index contributed by atoms with van der Waals surface area (Å²) in [6, 6.07) is 13.3. The highest BCUT2D eigenvalue weighted by Crippen LogP contribution is 2.47. The number of fused-ring (bicyclic) bond motifs is 3. The number of aryl methyl sites for hydroxylation is 1. The lowest BCUT2D eigenvalue weighted by Gasteiger charge is -2.57. The molecule has 0 bridgehead atoms. The average Bonchev–Trinajstić information content (AvgIpc) is 3.30. The summed E-state index contributed by atoms with van der Waals surface area (Å²) in [7, 11) is -3.33. The highest BCUT2D eigenvalue weighted by atomic mass is 32.2. The summed E-state index contributed by atoms with van der Waals surface area (Å²) in [6.07, 6.45) is 2.70. The summed E-state index contributed by atoms with van der Waals surface area (Å²) in [5, 5.41) is 1.97. The van der Waals surface area contributed by atoms with Crippen molar-refractivity contribution >= 4 is 31.8 Å². The van der Waals surface area contributed by atoms with Crippen LogP contribution >= 0.6 is 0 Å². The smallest absolute Gasteiger partial charge is 0.178 e. The van der Waals surface area contributed by atoms with Crippen LogP contribution < -0.4 is 4.74 Å². The number of H-pyrrole nitrogens is 1. The number of ether oxygens (including phenoxy) is 1. The van der Waals surface area contributed by atoms with Crippen LogP contribution in [0.3, 0.4) is 0 Å². The van der Waals surface area contributed by atoms with Crippen LogP contribution in [0.25, 0.3) is 33.1 Å². The van der Waals surface area contributed by atoms with Gasteiger partial charge in [0.25, 0.3) is 0 Å². The second-order valence-electron chi connectivity index (χ2n) is 13.5. The van der Waals surface area contributed by atoms with Gasteiger partial charge in [0.15, 0.2) is 9.84 Å². The van der Waals surface area contributed by atoms with Crippen molar-refractivity contribution in [2.75, 3.05) is 25.4 Å². The molecule has 2 aromatic heterocycles. The maximum absolute atomic E-state index is 12.7. The first-order valence-corrected chi connectivity index (χ1v) is 16.7. The SMILES string of the molecule is [CH2]C(N(CC)CCCOc1ccc(-c2cccc(S(=O)(=O)CC)c2)c2c1[nH]c1ncc(C)cc12)(C(C)(C)C)C(C)(C)C. The van der Waals surface area contributed by atoms with Crippen molar-refractivity contribution in [3.05, 3.63) is 61.1 Å². The van der Waals surface area contributed by atoms with Gasteiger partial charge in [-0.25, -0.2) is 13.4 Å². The van der Waals surface area contributed by atoms with Crippen molar-refractivity contribution in [2.45, 2.75) is 79.2 Å². The Bertz CT molecular complexity index is 1660. The Hall–Kier alpha value is -2.90. The average molecular weight is 591 g/mol. The molecular weight excluding hydrogens is 542 g/mol. The van der Waals surface area contributed by atoms with Gasteiger partial charge >= 0.3 is 0 Å². The third kappa shape index (κ3) is 5.83.